The predicted octanol–water partition coefficient (Wildman–Crippen LogP) is 1.58. The lowest BCUT2D eigenvalue weighted by atomic mass is 9.97. The Labute approximate surface area is 69.8 Å². The molecule has 0 saturated carbocycles. The molecule has 60 valence electrons. The van der Waals surface area contributed by atoms with Crippen LogP contribution in [-0.2, 0) is 6.61 Å². The third-order valence-electron chi connectivity index (χ3n) is 2.15. The van der Waals surface area contributed by atoms with Gasteiger partial charge in [0.25, 0.3) is 0 Å². The van der Waals surface area contributed by atoms with E-state index in [1.165, 1.54) is 0 Å². The van der Waals surface area contributed by atoms with Gasteiger partial charge in [-0.1, -0.05) is 24.3 Å². The van der Waals surface area contributed by atoms with Gasteiger partial charge >= 0.3 is 0 Å². The van der Waals surface area contributed by atoms with E-state index in [0.717, 1.165) is 22.6 Å². The second-order valence-electron chi connectivity index (χ2n) is 2.75. The molecule has 0 aliphatic rings. The van der Waals surface area contributed by atoms with Gasteiger partial charge < -0.3 is 5.11 Å². The second kappa shape index (κ2) is 2.57. The van der Waals surface area contributed by atoms with Crippen molar-refractivity contribution in [2.45, 2.75) is 6.61 Å². The molecular formula is C10H8O2. The van der Waals surface area contributed by atoms with Crippen LogP contribution in [0.3, 0.4) is 0 Å². The molecule has 2 nitrogen and oxygen atoms in total. The molecule has 3 rings (SSSR count). The summed E-state index contributed by atoms with van der Waals surface area (Å²) in [5.41, 5.74) is 1.36. The zero-order valence-electron chi connectivity index (χ0n) is 6.45. The fraction of sp³-hybridized carbons (Fsp3) is 0.100. The van der Waals surface area contributed by atoms with Crippen molar-refractivity contribution in [2.75, 3.05) is 0 Å². The molecule has 1 N–H and O–H groups in total. The van der Waals surface area contributed by atoms with Crippen molar-refractivity contribution < 1.29 is 9.90 Å². The van der Waals surface area contributed by atoms with Gasteiger partial charge in [0.2, 0.25) is 0 Å². The lowest BCUT2D eigenvalue weighted by molar-refractivity contribution is 0.112. The summed E-state index contributed by atoms with van der Waals surface area (Å²) in [6, 6.07) is 7.60. The molecule has 0 radical (unpaired) electrons. The number of aliphatic hydroxyl groups excluding tert-OH is 1. The molecule has 2 bridgehead atoms. The molecule has 0 amide bonds. The third kappa shape index (κ3) is 0.818. The van der Waals surface area contributed by atoms with Gasteiger partial charge in [-0.05, 0) is 16.3 Å². The first-order valence-corrected chi connectivity index (χ1v) is 3.77. The summed E-state index contributed by atoms with van der Waals surface area (Å²) in [6.45, 7) is -0.0679. The Kier molecular flexibility index (Phi) is 1.55. The Bertz CT molecular complexity index is 386. The Morgan fingerprint density at radius 1 is 1.17 bits per heavy atom. The summed E-state index contributed by atoms with van der Waals surface area (Å²) in [6.07, 6.45) is 0.799. The smallest absolute Gasteiger partial charge is 0.151 e. The first-order valence-electron chi connectivity index (χ1n) is 3.77. The molecule has 0 aromatic heterocycles. The average Bonchev–Trinajstić information content (AvgIpc) is 2.18. The monoisotopic (exact) mass is 160 g/mol. The minimum atomic E-state index is -0.0679. The predicted molar refractivity (Wildman–Crippen MR) is 46.4 cm³/mol. The summed E-state index contributed by atoms with van der Waals surface area (Å²) in [5.74, 6) is 0. The fourth-order valence-corrected chi connectivity index (χ4v) is 1.50. The molecule has 0 unspecified atom stereocenters. The molecule has 0 aliphatic heterocycles. The molecule has 3 aromatic rings. The number of fused-ring (bicyclic) bond motifs is 3. The van der Waals surface area contributed by atoms with E-state index < -0.39 is 0 Å². The number of aldehydes is 1. The Balaban J connectivity index is 2.83. The standard InChI is InChI=1S/C10H8O2/c11-5-9-7-1-2-8(4-3-7)10(9)6-12/h1-5,12H,6H2. The molecule has 0 saturated heterocycles. The maximum Gasteiger partial charge on any atom is 0.151 e. The number of hydrogen-bond donors (Lipinski definition) is 1. The molecule has 2 heteroatoms. The van der Waals surface area contributed by atoms with Gasteiger partial charge in [-0.15, -0.1) is 0 Å². The van der Waals surface area contributed by atoms with Crippen molar-refractivity contribution in [2.24, 2.45) is 0 Å². The van der Waals surface area contributed by atoms with Crippen molar-refractivity contribution >= 4 is 17.1 Å². The number of benzene rings is 3. The van der Waals surface area contributed by atoms with E-state index in [4.69, 9.17) is 5.11 Å². The highest BCUT2D eigenvalue weighted by Crippen LogP contribution is 2.23. The van der Waals surface area contributed by atoms with Crippen LogP contribution in [0.15, 0.2) is 24.3 Å². The topological polar surface area (TPSA) is 37.3 Å². The molecule has 0 atom stereocenters. The van der Waals surface area contributed by atoms with Crippen molar-refractivity contribution in [1.82, 2.24) is 0 Å². The number of carbonyl (C=O) groups excluding carboxylic acids is 1. The van der Waals surface area contributed by atoms with E-state index in [0.29, 0.717) is 5.56 Å². The maximum atomic E-state index is 10.6. The van der Waals surface area contributed by atoms with E-state index in [2.05, 4.69) is 0 Å². The average molecular weight is 160 g/mol. The SMILES string of the molecule is O=Cc1c(CO)c2ccc1cc2. The summed E-state index contributed by atoms with van der Waals surface area (Å²) < 4.78 is 0. The van der Waals surface area contributed by atoms with Crippen LogP contribution in [0.1, 0.15) is 15.9 Å². The number of hydrogen-bond acceptors (Lipinski definition) is 2. The fourth-order valence-electron chi connectivity index (χ4n) is 1.50. The van der Waals surface area contributed by atoms with Crippen LogP contribution in [0.5, 0.6) is 0 Å². The summed E-state index contributed by atoms with van der Waals surface area (Å²) >= 11 is 0. The van der Waals surface area contributed by atoms with Gasteiger partial charge in [0.15, 0.2) is 6.29 Å². The van der Waals surface area contributed by atoms with Crippen molar-refractivity contribution in [3.05, 3.63) is 35.4 Å². The summed E-state index contributed by atoms with van der Waals surface area (Å²) in [4.78, 5) is 10.6. The number of aliphatic hydroxyl groups is 1. The first-order chi connectivity index (χ1) is 5.86. The van der Waals surface area contributed by atoms with Crippen LogP contribution < -0.4 is 0 Å². The largest absolute Gasteiger partial charge is 0.392 e. The maximum absolute atomic E-state index is 10.6. The summed E-state index contributed by atoms with van der Waals surface area (Å²) in [5, 5.41) is 10.8. The lowest BCUT2D eigenvalue weighted by Crippen LogP contribution is -1.96. The van der Waals surface area contributed by atoms with E-state index in [9.17, 15) is 4.79 Å². The molecule has 0 aliphatic carbocycles. The molecule has 0 heterocycles. The third-order valence-corrected chi connectivity index (χ3v) is 2.15. The van der Waals surface area contributed by atoms with E-state index >= 15 is 0 Å². The normalized spacial score (nSPS) is 10.8. The van der Waals surface area contributed by atoms with Gasteiger partial charge in [-0.3, -0.25) is 4.79 Å². The number of rotatable bonds is 2. The Morgan fingerprint density at radius 2 is 1.75 bits per heavy atom. The second-order valence-corrected chi connectivity index (χ2v) is 2.75. The van der Waals surface area contributed by atoms with E-state index in [1.54, 1.807) is 0 Å². The molecule has 12 heavy (non-hydrogen) atoms. The van der Waals surface area contributed by atoms with Crippen molar-refractivity contribution in [1.29, 1.82) is 0 Å². The zero-order valence-corrected chi connectivity index (χ0v) is 6.45. The van der Waals surface area contributed by atoms with Gasteiger partial charge in [0.1, 0.15) is 0 Å². The van der Waals surface area contributed by atoms with E-state index in [-0.39, 0.29) is 6.61 Å². The van der Waals surface area contributed by atoms with Crippen LogP contribution >= 0.6 is 0 Å². The molecule has 3 aromatic carbocycles. The molecular weight excluding hydrogens is 152 g/mol. The molecule has 0 fully saturated rings. The van der Waals surface area contributed by atoms with Crippen LogP contribution in [0, 0.1) is 0 Å². The van der Waals surface area contributed by atoms with E-state index in [1.807, 2.05) is 24.3 Å². The lowest BCUT2D eigenvalue weighted by Gasteiger charge is -2.08. The van der Waals surface area contributed by atoms with Gasteiger partial charge in [0, 0.05) is 5.56 Å². The highest BCUT2D eigenvalue weighted by Gasteiger charge is 2.07. The minimum Gasteiger partial charge on any atom is -0.392 e. The van der Waals surface area contributed by atoms with Crippen LogP contribution in [-0.4, -0.2) is 11.4 Å². The quantitative estimate of drug-likeness (QED) is 0.677. The van der Waals surface area contributed by atoms with Gasteiger partial charge in [0.05, 0.1) is 6.61 Å². The highest BCUT2D eigenvalue weighted by molar-refractivity contribution is 5.95. The summed E-state index contributed by atoms with van der Waals surface area (Å²) in [7, 11) is 0. The van der Waals surface area contributed by atoms with Gasteiger partial charge in [-0.2, -0.15) is 0 Å². The van der Waals surface area contributed by atoms with Crippen molar-refractivity contribution in [3.63, 3.8) is 0 Å². The zero-order chi connectivity index (χ0) is 8.55. The minimum absolute atomic E-state index is 0.0679. The number of carbonyl (C=O) groups is 1. The first kappa shape index (κ1) is 7.25. The van der Waals surface area contributed by atoms with Crippen LogP contribution in [0.4, 0.5) is 0 Å². The Morgan fingerprint density at radius 3 is 2.17 bits per heavy atom. The van der Waals surface area contributed by atoms with Gasteiger partial charge in [-0.25, -0.2) is 0 Å². The van der Waals surface area contributed by atoms with Crippen LogP contribution in [0.25, 0.3) is 10.8 Å². The Hall–Kier alpha value is -1.41. The molecule has 0 spiro atoms. The van der Waals surface area contributed by atoms with Crippen LogP contribution in [0.2, 0.25) is 0 Å². The highest BCUT2D eigenvalue weighted by atomic mass is 16.3. The van der Waals surface area contributed by atoms with Crippen molar-refractivity contribution in [3.8, 4) is 0 Å².